The summed E-state index contributed by atoms with van der Waals surface area (Å²) in [7, 11) is 1.25. The fraction of sp³-hybridized carbons (Fsp3) is 0.385. The number of rotatable bonds is 6. The number of hydrogen-bond acceptors (Lipinski definition) is 4. The molecule has 0 spiro atoms. The molecule has 0 saturated heterocycles. The van der Waals surface area contributed by atoms with E-state index in [1.807, 2.05) is 0 Å². The number of methoxy groups -OCH3 is 1. The second-order valence-corrected chi connectivity index (χ2v) is 3.82. The van der Waals surface area contributed by atoms with Crippen molar-refractivity contribution in [2.75, 3.05) is 26.8 Å². The van der Waals surface area contributed by atoms with Gasteiger partial charge in [-0.1, -0.05) is 12.1 Å². The molecule has 0 aliphatic heterocycles. The van der Waals surface area contributed by atoms with Crippen LogP contribution in [0.5, 0.6) is 0 Å². The van der Waals surface area contributed by atoms with Crippen LogP contribution in [-0.2, 0) is 9.53 Å². The third-order valence-corrected chi connectivity index (χ3v) is 2.57. The third-order valence-electron chi connectivity index (χ3n) is 2.57. The van der Waals surface area contributed by atoms with Crippen molar-refractivity contribution in [3.8, 4) is 0 Å². The van der Waals surface area contributed by atoms with Gasteiger partial charge in [-0.2, -0.15) is 0 Å². The maximum atomic E-state index is 13.5. The highest BCUT2D eigenvalue weighted by Gasteiger charge is 2.19. The van der Waals surface area contributed by atoms with Crippen molar-refractivity contribution in [3.05, 3.63) is 35.6 Å². The molecule has 104 valence electrons. The summed E-state index contributed by atoms with van der Waals surface area (Å²) in [4.78, 5) is 24.3. The first-order chi connectivity index (χ1) is 9.10. The summed E-state index contributed by atoms with van der Waals surface area (Å²) < 4.78 is 18.0. The number of carbonyl (C=O) groups excluding carboxylic acids is 2. The normalized spacial score (nSPS) is 10.1. The largest absolute Gasteiger partial charge is 0.469 e. The molecule has 1 N–H and O–H groups in total. The molecule has 1 rings (SSSR count). The first-order valence-corrected chi connectivity index (χ1v) is 5.81. The zero-order valence-electron chi connectivity index (χ0n) is 10.6. The highest BCUT2D eigenvalue weighted by atomic mass is 19.1. The summed E-state index contributed by atoms with van der Waals surface area (Å²) in [5.74, 6) is -1.66. The van der Waals surface area contributed by atoms with Crippen LogP contribution in [0.3, 0.4) is 0 Å². The number of aliphatic hydroxyl groups is 1. The van der Waals surface area contributed by atoms with E-state index in [2.05, 4.69) is 4.74 Å². The molecule has 0 aliphatic carbocycles. The molecule has 1 aromatic rings. The van der Waals surface area contributed by atoms with Crippen LogP contribution in [0, 0.1) is 5.82 Å². The van der Waals surface area contributed by atoms with E-state index in [1.54, 1.807) is 6.07 Å². The monoisotopic (exact) mass is 269 g/mol. The minimum atomic E-state index is -0.631. The molecule has 0 aliphatic rings. The minimum Gasteiger partial charge on any atom is -0.469 e. The fourth-order valence-electron chi connectivity index (χ4n) is 1.57. The minimum absolute atomic E-state index is 0.00328. The second-order valence-electron chi connectivity index (χ2n) is 3.82. The van der Waals surface area contributed by atoms with Gasteiger partial charge in [0.1, 0.15) is 5.82 Å². The van der Waals surface area contributed by atoms with Crippen molar-refractivity contribution in [3.63, 3.8) is 0 Å². The highest BCUT2D eigenvalue weighted by Crippen LogP contribution is 2.10. The van der Waals surface area contributed by atoms with Crippen LogP contribution >= 0.6 is 0 Å². The molecule has 0 unspecified atom stereocenters. The van der Waals surface area contributed by atoms with Crippen LogP contribution in [0.15, 0.2) is 24.3 Å². The number of ether oxygens (including phenoxy) is 1. The number of nitrogens with zero attached hydrogens (tertiary/aromatic N) is 1. The van der Waals surface area contributed by atoms with Crippen molar-refractivity contribution in [1.29, 1.82) is 0 Å². The molecule has 1 aromatic carbocycles. The number of halogens is 1. The van der Waals surface area contributed by atoms with E-state index in [9.17, 15) is 14.0 Å². The van der Waals surface area contributed by atoms with Crippen LogP contribution in [0.2, 0.25) is 0 Å². The fourth-order valence-corrected chi connectivity index (χ4v) is 1.57. The lowest BCUT2D eigenvalue weighted by molar-refractivity contribution is -0.140. The molecule has 5 nitrogen and oxygen atoms in total. The Hall–Kier alpha value is -1.95. The summed E-state index contributed by atoms with van der Waals surface area (Å²) in [6, 6.07) is 5.58. The summed E-state index contributed by atoms with van der Waals surface area (Å²) in [5, 5.41) is 8.92. The van der Waals surface area contributed by atoms with Gasteiger partial charge in [0, 0.05) is 13.1 Å². The van der Waals surface area contributed by atoms with Gasteiger partial charge < -0.3 is 14.7 Å². The molecule has 6 heteroatoms. The number of amides is 1. The topological polar surface area (TPSA) is 66.8 Å². The van der Waals surface area contributed by atoms with Crippen molar-refractivity contribution >= 4 is 11.9 Å². The number of esters is 1. The number of carbonyl (C=O) groups is 2. The number of aliphatic hydroxyl groups excluding tert-OH is 1. The lowest BCUT2D eigenvalue weighted by Gasteiger charge is -2.21. The summed E-state index contributed by atoms with van der Waals surface area (Å²) in [6.45, 7) is -0.161. The van der Waals surface area contributed by atoms with Crippen molar-refractivity contribution in [2.24, 2.45) is 0 Å². The van der Waals surface area contributed by atoms with Crippen LogP contribution < -0.4 is 0 Å². The Morgan fingerprint density at radius 3 is 2.58 bits per heavy atom. The van der Waals surface area contributed by atoms with Gasteiger partial charge in [-0.15, -0.1) is 0 Å². The van der Waals surface area contributed by atoms with Crippen molar-refractivity contribution < 1.29 is 23.8 Å². The van der Waals surface area contributed by atoms with E-state index >= 15 is 0 Å². The Balaban J connectivity index is 2.78. The molecule has 0 radical (unpaired) electrons. The molecule has 0 saturated carbocycles. The highest BCUT2D eigenvalue weighted by molar-refractivity contribution is 5.94. The van der Waals surface area contributed by atoms with Gasteiger partial charge >= 0.3 is 5.97 Å². The van der Waals surface area contributed by atoms with Gasteiger partial charge in [-0.3, -0.25) is 9.59 Å². The summed E-state index contributed by atoms with van der Waals surface area (Å²) in [6.07, 6.45) is -0.00328. The van der Waals surface area contributed by atoms with E-state index in [1.165, 1.54) is 30.2 Å². The number of benzene rings is 1. The Bertz CT molecular complexity index is 450. The van der Waals surface area contributed by atoms with Crippen LogP contribution in [0.4, 0.5) is 4.39 Å². The zero-order valence-corrected chi connectivity index (χ0v) is 10.6. The van der Waals surface area contributed by atoms with Crippen LogP contribution in [0.1, 0.15) is 16.8 Å². The molecule has 0 fully saturated rings. The molecule has 0 bridgehead atoms. The van der Waals surface area contributed by atoms with E-state index in [4.69, 9.17) is 5.11 Å². The van der Waals surface area contributed by atoms with Crippen molar-refractivity contribution in [1.82, 2.24) is 4.90 Å². The van der Waals surface area contributed by atoms with Crippen LogP contribution in [0.25, 0.3) is 0 Å². The summed E-state index contributed by atoms with van der Waals surface area (Å²) >= 11 is 0. The molecule has 19 heavy (non-hydrogen) atoms. The van der Waals surface area contributed by atoms with E-state index in [-0.39, 0.29) is 31.7 Å². The molecular formula is C13H16FNO4. The van der Waals surface area contributed by atoms with Gasteiger partial charge in [-0.25, -0.2) is 4.39 Å². The van der Waals surface area contributed by atoms with Gasteiger partial charge in [-0.05, 0) is 12.1 Å². The number of hydrogen-bond donors (Lipinski definition) is 1. The van der Waals surface area contributed by atoms with Gasteiger partial charge in [0.2, 0.25) is 0 Å². The Morgan fingerprint density at radius 1 is 1.32 bits per heavy atom. The lowest BCUT2D eigenvalue weighted by Crippen LogP contribution is -2.36. The maximum Gasteiger partial charge on any atom is 0.307 e. The predicted octanol–water partition coefficient (Wildman–Crippen LogP) is 0.823. The molecule has 1 amide bonds. The predicted molar refractivity (Wildman–Crippen MR) is 66.0 cm³/mol. The second kappa shape index (κ2) is 7.48. The zero-order chi connectivity index (χ0) is 14.3. The van der Waals surface area contributed by atoms with Crippen molar-refractivity contribution in [2.45, 2.75) is 6.42 Å². The van der Waals surface area contributed by atoms with Gasteiger partial charge in [0.25, 0.3) is 5.91 Å². The van der Waals surface area contributed by atoms with E-state index < -0.39 is 17.7 Å². The Morgan fingerprint density at radius 2 is 2.00 bits per heavy atom. The lowest BCUT2D eigenvalue weighted by atomic mass is 10.2. The Labute approximate surface area is 110 Å². The van der Waals surface area contributed by atoms with E-state index in [0.717, 1.165) is 0 Å². The average Bonchev–Trinajstić information content (AvgIpc) is 2.42. The maximum absolute atomic E-state index is 13.5. The quantitative estimate of drug-likeness (QED) is 0.777. The SMILES string of the molecule is COC(=O)CCN(CCO)C(=O)c1ccccc1F. The first kappa shape index (κ1) is 15.1. The molecule has 0 aromatic heterocycles. The van der Waals surface area contributed by atoms with Gasteiger partial charge in [0.15, 0.2) is 0 Å². The first-order valence-electron chi connectivity index (χ1n) is 5.81. The molecular weight excluding hydrogens is 253 g/mol. The summed E-state index contributed by atoms with van der Waals surface area (Å²) in [5.41, 5.74) is -0.0826. The smallest absolute Gasteiger partial charge is 0.307 e. The average molecular weight is 269 g/mol. The van der Waals surface area contributed by atoms with E-state index in [0.29, 0.717) is 0 Å². The molecule has 0 atom stereocenters. The third kappa shape index (κ3) is 4.33. The van der Waals surface area contributed by atoms with Crippen LogP contribution in [-0.4, -0.2) is 48.7 Å². The molecule has 0 heterocycles. The Kier molecular flexibility index (Phi) is 5.95. The standard InChI is InChI=1S/C13H16FNO4/c1-19-12(17)6-7-15(8-9-16)13(18)10-4-2-3-5-11(10)14/h2-5,16H,6-9H2,1H3. The van der Waals surface area contributed by atoms with Gasteiger partial charge in [0.05, 0.1) is 25.7 Å².